The minimum atomic E-state index is -1.52. The Kier molecular flexibility index (Phi) is 10.0. The number of para-hydroxylation sites is 3. The van der Waals surface area contributed by atoms with E-state index in [0.717, 1.165) is 38.9 Å². The highest BCUT2D eigenvalue weighted by Gasteiger charge is 2.27. The third-order valence-corrected chi connectivity index (χ3v) is 14.3. The van der Waals surface area contributed by atoms with Crippen LogP contribution in [0.4, 0.5) is 11.4 Å². The predicted molar refractivity (Wildman–Crippen MR) is 301 cm³/mol. The molecule has 8 aromatic carbocycles. The van der Waals surface area contributed by atoms with Gasteiger partial charge in [-0.2, -0.15) is 0 Å². The van der Waals surface area contributed by atoms with Crippen molar-refractivity contribution in [2.75, 3.05) is 4.90 Å². The lowest BCUT2D eigenvalue weighted by Crippen LogP contribution is -2.17. The largest absolute Gasteiger partial charge is 0.457 e. The molecule has 12 rings (SSSR count). The van der Waals surface area contributed by atoms with E-state index in [2.05, 4.69) is 207 Å². The molecule has 0 N–H and O–H groups in total. The molecule has 0 bridgehead atoms. The van der Waals surface area contributed by atoms with Crippen molar-refractivity contribution < 1.29 is 7.48 Å². The molecule has 0 spiro atoms. The fourth-order valence-corrected chi connectivity index (χ4v) is 10.9. The van der Waals surface area contributed by atoms with Gasteiger partial charge in [-0.05, 0) is 115 Å². The number of ether oxygens (including phenoxy) is 1. The zero-order chi connectivity index (χ0) is 50.6. The fourth-order valence-electron chi connectivity index (χ4n) is 10.9. The van der Waals surface area contributed by atoms with Crippen LogP contribution < -0.4 is 9.64 Å². The van der Waals surface area contributed by atoms with Crippen LogP contribution in [0.5, 0.6) is 11.5 Å². The molecule has 5 nitrogen and oxygen atoms in total. The van der Waals surface area contributed by atoms with Gasteiger partial charge in [0, 0.05) is 53.9 Å². The van der Waals surface area contributed by atoms with Gasteiger partial charge in [-0.15, -0.1) is 0 Å². The van der Waals surface area contributed by atoms with Crippen LogP contribution >= 0.6 is 0 Å². The van der Waals surface area contributed by atoms with Gasteiger partial charge in [0.2, 0.25) is 0 Å². The van der Waals surface area contributed by atoms with Gasteiger partial charge >= 0.3 is 0 Å². The lowest BCUT2D eigenvalue weighted by Gasteiger charge is -2.27. The Morgan fingerprint density at radius 1 is 0.535 bits per heavy atom. The summed E-state index contributed by atoms with van der Waals surface area (Å²) in [6.45, 7) is 18.3. The molecule has 0 amide bonds. The number of benzene rings is 8. The number of fused-ring (bicyclic) bond motifs is 10. The standard InChI is InChI=1S/C66H60N4O/c1-42(2)34-43-32-33-67-62(35-43)70-59-28-14-13-24-55(59)56-31-30-49(40-61(56)70)71-48-19-15-18-47(39-48)68-41-69-63-50(44-36-45(65(3,4)5)38-46(37-44)66(6,7)8)25-16-26-57(63)53-22-11-9-20-51(53)52-21-10-12-23-54(52)58-27-17-29-60(68)64(58)69/h9-33,35-40,42H,34,41H2,1-8H3/i34D2. The molecule has 3 aromatic heterocycles. The van der Waals surface area contributed by atoms with Gasteiger partial charge in [-0.25, -0.2) is 4.98 Å². The van der Waals surface area contributed by atoms with Gasteiger partial charge in [0.05, 0.1) is 27.8 Å². The minimum Gasteiger partial charge on any atom is -0.457 e. The van der Waals surface area contributed by atoms with Gasteiger partial charge < -0.3 is 14.2 Å². The summed E-state index contributed by atoms with van der Waals surface area (Å²) >= 11 is 0. The minimum absolute atomic E-state index is 0.0539. The maximum atomic E-state index is 8.90. The van der Waals surface area contributed by atoms with Crippen molar-refractivity contribution in [2.45, 2.75) is 79.3 Å². The lowest BCUT2D eigenvalue weighted by molar-refractivity contribution is 0.483. The SMILES string of the molecule is [2H]C([2H])(c1ccnc(-n2c3ccccc3c3ccc(Oc4cccc(N5Cn6c7c(-c8cc(C(C)(C)C)cc(C(C)(C)C)c8)cccc7c7ccccc7c7ccccc7c7cccc5c76)c4)cc32)c1)C(C)C. The molecule has 0 aliphatic carbocycles. The molecule has 1 aliphatic heterocycles. The quantitative estimate of drug-likeness (QED) is 0.160. The highest BCUT2D eigenvalue weighted by atomic mass is 16.5. The van der Waals surface area contributed by atoms with Gasteiger partial charge in [-0.1, -0.05) is 177 Å². The van der Waals surface area contributed by atoms with Crippen LogP contribution in [0.25, 0.3) is 82.1 Å². The molecule has 0 radical (unpaired) electrons. The zero-order valence-corrected chi connectivity index (χ0v) is 41.9. The average molecular weight is 927 g/mol. The second kappa shape index (κ2) is 16.9. The van der Waals surface area contributed by atoms with Gasteiger partial charge in [0.25, 0.3) is 0 Å². The van der Waals surface area contributed by atoms with Crippen molar-refractivity contribution >= 4 is 76.5 Å². The normalized spacial score (nSPS) is 13.5. The Morgan fingerprint density at radius 2 is 1.11 bits per heavy atom. The van der Waals surface area contributed by atoms with E-state index in [-0.39, 0.29) is 16.7 Å². The first-order valence-electron chi connectivity index (χ1n) is 26.0. The number of nitrogens with zero attached hydrogens (tertiary/aromatic N) is 4. The van der Waals surface area contributed by atoms with Crippen LogP contribution in [0.1, 0.15) is 74.8 Å². The van der Waals surface area contributed by atoms with Crippen LogP contribution in [0, 0.1) is 5.92 Å². The molecule has 5 heteroatoms. The van der Waals surface area contributed by atoms with Crippen LogP contribution in [0.15, 0.2) is 188 Å². The second-order valence-electron chi connectivity index (χ2n) is 21.6. The molecular weight excluding hydrogens is 865 g/mol. The van der Waals surface area contributed by atoms with E-state index in [1.165, 1.54) is 65.6 Å². The van der Waals surface area contributed by atoms with Crippen LogP contribution in [0.3, 0.4) is 0 Å². The lowest BCUT2D eigenvalue weighted by atomic mass is 9.78. The molecule has 0 atom stereocenters. The Labute approximate surface area is 419 Å². The van der Waals surface area contributed by atoms with E-state index in [9.17, 15) is 0 Å². The average Bonchev–Trinajstić information content (AvgIpc) is 3.95. The predicted octanol–water partition coefficient (Wildman–Crippen LogP) is 18.1. The number of aromatic nitrogens is 3. The second-order valence-corrected chi connectivity index (χ2v) is 21.6. The summed E-state index contributed by atoms with van der Waals surface area (Å²) in [7, 11) is 0. The van der Waals surface area contributed by atoms with E-state index >= 15 is 0 Å². The molecule has 0 unspecified atom stereocenters. The Bertz CT molecular complexity index is 4060. The highest BCUT2D eigenvalue weighted by molar-refractivity contribution is 6.22. The van der Waals surface area contributed by atoms with Crippen molar-refractivity contribution in [3.05, 3.63) is 205 Å². The molecule has 4 heterocycles. The number of hydrogen-bond donors (Lipinski definition) is 0. The number of rotatable bonds is 7. The summed E-state index contributed by atoms with van der Waals surface area (Å²) < 4.78 is 29.4. The van der Waals surface area contributed by atoms with Gasteiger partial charge in [0.1, 0.15) is 24.0 Å². The molecular formula is C66H60N4O. The first-order chi connectivity index (χ1) is 35.0. The van der Waals surface area contributed by atoms with Crippen molar-refractivity contribution in [3.8, 4) is 28.4 Å². The summed E-state index contributed by atoms with van der Waals surface area (Å²) in [5.41, 5.74) is 12.0. The van der Waals surface area contributed by atoms with Gasteiger partial charge in [-0.3, -0.25) is 4.57 Å². The molecule has 0 saturated carbocycles. The highest BCUT2D eigenvalue weighted by Crippen LogP contribution is 2.46. The van der Waals surface area contributed by atoms with Crippen LogP contribution in [-0.2, 0) is 23.9 Å². The van der Waals surface area contributed by atoms with E-state index < -0.39 is 6.37 Å². The Morgan fingerprint density at radius 3 is 1.79 bits per heavy atom. The monoisotopic (exact) mass is 926 g/mol. The molecule has 0 fully saturated rings. The summed E-state index contributed by atoms with van der Waals surface area (Å²) in [6, 6.07) is 65.4. The summed E-state index contributed by atoms with van der Waals surface area (Å²) in [4.78, 5) is 7.25. The number of pyridine rings is 1. The molecule has 71 heavy (non-hydrogen) atoms. The van der Waals surface area contributed by atoms with E-state index in [1.807, 2.05) is 38.1 Å². The third kappa shape index (κ3) is 7.76. The first kappa shape index (κ1) is 42.0. The topological polar surface area (TPSA) is 35.2 Å². The Hall–Kier alpha value is -7.89. The van der Waals surface area contributed by atoms with Crippen molar-refractivity contribution in [3.63, 3.8) is 0 Å². The van der Waals surface area contributed by atoms with Crippen LogP contribution in [0.2, 0.25) is 0 Å². The summed E-state index contributed by atoms with van der Waals surface area (Å²) in [5.74, 6) is 1.87. The smallest absolute Gasteiger partial charge is 0.137 e. The summed E-state index contributed by atoms with van der Waals surface area (Å²) in [5, 5.41) is 9.36. The van der Waals surface area contributed by atoms with Crippen molar-refractivity contribution in [1.82, 2.24) is 14.1 Å². The number of hydrogen-bond acceptors (Lipinski definition) is 3. The molecule has 0 saturated heterocycles. The van der Waals surface area contributed by atoms with Gasteiger partial charge in [0.15, 0.2) is 0 Å². The van der Waals surface area contributed by atoms with E-state index in [4.69, 9.17) is 12.5 Å². The molecule has 11 aromatic rings. The van der Waals surface area contributed by atoms with E-state index in [0.29, 0.717) is 23.8 Å². The van der Waals surface area contributed by atoms with Crippen molar-refractivity contribution in [1.29, 1.82) is 0 Å². The van der Waals surface area contributed by atoms with Crippen molar-refractivity contribution in [2.24, 2.45) is 5.92 Å². The number of anilines is 2. The maximum Gasteiger partial charge on any atom is 0.137 e. The van der Waals surface area contributed by atoms with Crippen LogP contribution in [-0.4, -0.2) is 14.1 Å². The Balaban J connectivity index is 1.04. The molecule has 350 valence electrons. The zero-order valence-electron chi connectivity index (χ0n) is 43.9. The third-order valence-electron chi connectivity index (χ3n) is 14.3. The summed E-state index contributed by atoms with van der Waals surface area (Å²) in [6.07, 6.45) is 0.198. The maximum absolute atomic E-state index is 8.90. The van der Waals surface area contributed by atoms with E-state index in [1.54, 1.807) is 12.3 Å². The first-order valence-corrected chi connectivity index (χ1v) is 25.0. The fraction of sp³-hybridized carbons (Fsp3) is 0.197. The molecule has 1 aliphatic rings.